The normalized spacial score (nSPS) is 19.2. The van der Waals surface area contributed by atoms with Crippen LogP contribution in [-0.4, -0.2) is 62.2 Å². The molecule has 9 heteroatoms. The standard InChI is InChI=1S/C19H23N5O3S/c1-12(24-7-2-3-16(24)26)19(27)23-8-4-13(5-9-23)17-21-14(11-15(25)22-17)18-20-6-10-28-18/h6,10-13H,2-5,7-9H2,1H3,(H,21,22,25)/t12-/m0/s1. The molecule has 2 aromatic heterocycles. The minimum Gasteiger partial charge on any atom is -0.341 e. The Bertz CT molecular complexity index is 918. The molecule has 2 aromatic rings. The molecule has 2 saturated heterocycles. The predicted molar refractivity (Wildman–Crippen MR) is 105 cm³/mol. The van der Waals surface area contributed by atoms with Gasteiger partial charge in [0.05, 0.1) is 0 Å². The van der Waals surface area contributed by atoms with Crippen molar-refractivity contribution in [1.29, 1.82) is 0 Å². The second-order valence-corrected chi connectivity index (χ2v) is 8.21. The largest absolute Gasteiger partial charge is 0.341 e. The number of hydrogen-bond donors (Lipinski definition) is 1. The Morgan fingerprint density at radius 2 is 2.07 bits per heavy atom. The summed E-state index contributed by atoms with van der Waals surface area (Å²) in [4.78, 5) is 52.0. The molecule has 4 heterocycles. The summed E-state index contributed by atoms with van der Waals surface area (Å²) < 4.78 is 0. The second kappa shape index (κ2) is 7.83. The summed E-state index contributed by atoms with van der Waals surface area (Å²) >= 11 is 1.45. The number of piperidine rings is 1. The summed E-state index contributed by atoms with van der Waals surface area (Å²) in [5, 5.41) is 2.58. The van der Waals surface area contributed by atoms with Gasteiger partial charge in [0.2, 0.25) is 11.8 Å². The Balaban J connectivity index is 1.42. The van der Waals surface area contributed by atoms with Gasteiger partial charge < -0.3 is 14.8 Å². The van der Waals surface area contributed by atoms with Crippen LogP contribution in [0.2, 0.25) is 0 Å². The summed E-state index contributed by atoms with van der Waals surface area (Å²) in [6.07, 6.45) is 4.52. The number of nitrogens with zero attached hydrogens (tertiary/aromatic N) is 4. The second-order valence-electron chi connectivity index (χ2n) is 7.32. The van der Waals surface area contributed by atoms with E-state index >= 15 is 0 Å². The number of nitrogens with one attached hydrogen (secondary N) is 1. The van der Waals surface area contributed by atoms with E-state index in [1.54, 1.807) is 11.1 Å². The Kier molecular flexibility index (Phi) is 5.25. The van der Waals surface area contributed by atoms with Crippen LogP contribution >= 0.6 is 11.3 Å². The lowest BCUT2D eigenvalue weighted by Crippen LogP contribution is -2.49. The maximum atomic E-state index is 12.8. The van der Waals surface area contributed by atoms with Crippen LogP contribution in [0.3, 0.4) is 0 Å². The van der Waals surface area contributed by atoms with Gasteiger partial charge in [-0.1, -0.05) is 0 Å². The Hall–Kier alpha value is -2.55. The topological polar surface area (TPSA) is 99.3 Å². The van der Waals surface area contributed by atoms with Gasteiger partial charge in [-0.3, -0.25) is 14.4 Å². The van der Waals surface area contributed by atoms with Crippen molar-refractivity contribution in [2.24, 2.45) is 0 Å². The van der Waals surface area contributed by atoms with Crippen molar-refractivity contribution < 1.29 is 9.59 Å². The fraction of sp³-hybridized carbons (Fsp3) is 0.526. The molecule has 0 aliphatic carbocycles. The molecule has 0 bridgehead atoms. The third kappa shape index (κ3) is 3.71. The maximum Gasteiger partial charge on any atom is 0.251 e. The Labute approximate surface area is 166 Å². The molecule has 4 rings (SSSR count). The molecule has 0 saturated carbocycles. The van der Waals surface area contributed by atoms with Gasteiger partial charge in [0.15, 0.2) is 0 Å². The van der Waals surface area contributed by atoms with E-state index in [0.717, 1.165) is 24.3 Å². The molecule has 2 amide bonds. The van der Waals surface area contributed by atoms with Crippen LogP contribution in [0.15, 0.2) is 22.4 Å². The molecule has 1 N–H and O–H groups in total. The average Bonchev–Trinajstić information content (AvgIpc) is 3.38. The fourth-order valence-corrected chi connectivity index (χ4v) is 4.58. The highest BCUT2D eigenvalue weighted by Crippen LogP contribution is 2.28. The predicted octanol–water partition coefficient (Wildman–Crippen LogP) is 1.61. The van der Waals surface area contributed by atoms with Crippen LogP contribution in [0.1, 0.15) is 44.3 Å². The Morgan fingerprint density at radius 3 is 2.71 bits per heavy atom. The van der Waals surface area contributed by atoms with Gasteiger partial charge in [-0.05, 0) is 26.2 Å². The number of likely N-dealkylation sites (tertiary alicyclic amines) is 2. The van der Waals surface area contributed by atoms with E-state index in [9.17, 15) is 14.4 Å². The van der Waals surface area contributed by atoms with E-state index in [0.29, 0.717) is 37.6 Å². The number of carbonyl (C=O) groups is 2. The Morgan fingerprint density at radius 1 is 1.29 bits per heavy atom. The highest BCUT2D eigenvalue weighted by Gasteiger charge is 2.34. The van der Waals surface area contributed by atoms with Crippen molar-refractivity contribution in [3.05, 3.63) is 33.8 Å². The molecular formula is C19H23N5O3S. The van der Waals surface area contributed by atoms with Gasteiger partial charge in [0.1, 0.15) is 22.6 Å². The minimum absolute atomic E-state index is 0.00619. The highest BCUT2D eigenvalue weighted by molar-refractivity contribution is 7.13. The lowest BCUT2D eigenvalue weighted by atomic mass is 9.95. The number of carbonyl (C=O) groups excluding carboxylic acids is 2. The minimum atomic E-state index is -0.405. The summed E-state index contributed by atoms with van der Waals surface area (Å²) in [7, 11) is 0. The number of amides is 2. The molecule has 0 spiro atoms. The third-order valence-corrected chi connectivity index (χ3v) is 6.34. The van der Waals surface area contributed by atoms with E-state index in [4.69, 9.17) is 0 Å². The lowest BCUT2D eigenvalue weighted by Gasteiger charge is -2.35. The average molecular weight is 401 g/mol. The quantitative estimate of drug-likeness (QED) is 0.839. The molecule has 0 radical (unpaired) electrons. The number of hydrogen-bond acceptors (Lipinski definition) is 6. The van der Waals surface area contributed by atoms with Gasteiger partial charge in [-0.15, -0.1) is 11.3 Å². The molecule has 0 aromatic carbocycles. The van der Waals surface area contributed by atoms with Crippen molar-refractivity contribution >= 4 is 23.2 Å². The fourth-order valence-electron chi connectivity index (χ4n) is 3.98. The summed E-state index contributed by atoms with van der Waals surface area (Å²) in [6.45, 7) is 3.67. The van der Waals surface area contributed by atoms with Gasteiger partial charge in [0, 0.05) is 49.6 Å². The van der Waals surface area contributed by atoms with E-state index < -0.39 is 6.04 Å². The SMILES string of the molecule is C[C@@H](C(=O)N1CCC(c2nc(-c3nccs3)cc(=O)[nH]2)CC1)N1CCCC1=O. The molecule has 8 nitrogen and oxygen atoms in total. The van der Waals surface area contributed by atoms with Crippen molar-refractivity contribution in [3.8, 4) is 10.7 Å². The number of aromatic amines is 1. The molecule has 1 atom stereocenters. The van der Waals surface area contributed by atoms with Crippen molar-refractivity contribution in [1.82, 2.24) is 24.8 Å². The summed E-state index contributed by atoms with van der Waals surface area (Å²) in [5.41, 5.74) is 0.406. The first kappa shape index (κ1) is 18.8. The maximum absolute atomic E-state index is 12.8. The molecule has 2 aliphatic rings. The molecule has 28 heavy (non-hydrogen) atoms. The third-order valence-electron chi connectivity index (χ3n) is 5.54. The molecule has 0 unspecified atom stereocenters. The lowest BCUT2D eigenvalue weighted by molar-refractivity contribution is -0.143. The molecular weight excluding hydrogens is 378 g/mol. The van der Waals surface area contributed by atoms with Crippen molar-refractivity contribution in [3.63, 3.8) is 0 Å². The number of H-pyrrole nitrogens is 1. The van der Waals surface area contributed by atoms with Crippen LogP contribution in [0.25, 0.3) is 10.7 Å². The highest BCUT2D eigenvalue weighted by atomic mass is 32.1. The first-order chi connectivity index (χ1) is 13.5. The van der Waals surface area contributed by atoms with Crippen molar-refractivity contribution in [2.45, 2.75) is 44.6 Å². The molecule has 148 valence electrons. The van der Waals surface area contributed by atoms with Crippen LogP contribution in [0, 0.1) is 0 Å². The van der Waals surface area contributed by atoms with E-state index in [2.05, 4.69) is 15.0 Å². The van der Waals surface area contributed by atoms with Crippen LogP contribution < -0.4 is 5.56 Å². The number of rotatable bonds is 4. The zero-order valence-corrected chi connectivity index (χ0v) is 16.6. The van der Waals surface area contributed by atoms with Crippen LogP contribution in [-0.2, 0) is 9.59 Å². The van der Waals surface area contributed by atoms with Gasteiger partial charge in [-0.25, -0.2) is 9.97 Å². The zero-order valence-electron chi connectivity index (χ0n) is 15.8. The van der Waals surface area contributed by atoms with Crippen LogP contribution in [0.5, 0.6) is 0 Å². The number of aromatic nitrogens is 3. The summed E-state index contributed by atoms with van der Waals surface area (Å²) in [6, 6.07) is 1.06. The van der Waals surface area contributed by atoms with Crippen LogP contribution in [0.4, 0.5) is 0 Å². The summed E-state index contributed by atoms with van der Waals surface area (Å²) in [5.74, 6) is 0.830. The van der Waals surface area contributed by atoms with E-state index in [-0.39, 0.29) is 23.3 Å². The van der Waals surface area contributed by atoms with E-state index in [1.807, 2.05) is 17.2 Å². The van der Waals surface area contributed by atoms with Gasteiger partial charge in [-0.2, -0.15) is 0 Å². The zero-order chi connectivity index (χ0) is 19.7. The van der Waals surface area contributed by atoms with Crippen molar-refractivity contribution in [2.75, 3.05) is 19.6 Å². The monoisotopic (exact) mass is 401 g/mol. The number of thiazole rings is 1. The molecule has 2 fully saturated rings. The first-order valence-electron chi connectivity index (χ1n) is 9.62. The van der Waals surface area contributed by atoms with E-state index in [1.165, 1.54) is 17.4 Å². The molecule has 2 aliphatic heterocycles. The van der Waals surface area contributed by atoms with Gasteiger partial charge in [0.25, 0.3) is 5.56 Å². The first-order valence-corrected chi connectivity index (χ1v) is 10.5. The van der Waals surface area contributed by atoms with Gasteiger partial charge >= 0.3 is 0 Å². The smallest absolute Gasteiger partial charge is 0.251 e.